The Balaban J connectivity index is 2.05. The lowest BCUT2D eigenvalue weighted by Crippen LogP contribution is -1.99. The number of hydrogen-bond donors (Lipinski definition) is 1. The fraction of sp³-hybridized carbons (Fsp3) is 0.300. The van der Waals surface area contributed by atoms with E-state index in [1.807, 2.05) is 19.1 Å². The summed E-state index contributed by atoms with van der Waals surface area (Å²) < 4.78 is 5.55. The first-order valence-corrected chi connectivity index (χ1v) is 4.68. The van der Waals surface area contributed by atoms with Crippen LogP contribution in [0.4, 0.5) is 0 Å². The van der Waals surface area contributed by atoms with Gasteiger partial charge in [-0.25, -0.2) is 0 Å². The SMILES string of the molecule is Cc1ccc(OCc2nn[nH]n2)c(C)c1. The second-order valence-corrected chi connectivity index (χ2v) is 3.39. The third-order valence-corrected chi connectivity index (χ3v) is 2.08. The molecule has 5 heteroatoms. The monoisotopic (exact) mass is 204 g/mol. The Morgan fingerprint density at radius 1 is 1.33 bits per heavy atom. The van der Waals surface area contributed by atoms with Gasteiger partial charge in [-0.05, 0) is 25.5 Å². The fourth-order valence-electron chi connectivity index (χ4n) is 1.35. The van der Waals surface area contributed by atoms with Gasteiger partial charge in [-0.1, -0.05) is 22.9 Å². The maximum Gasteiger partial charge on any atom is 0.211 e. The standard InChI is InChI=1S/C10H12N4O/c1-7-3-4-9(8(2)5-7)15-6-10-11-13-14-12-10/h3-5H,6H2,1-2H3,(H,11,12,13,14). The normalized spacial score (nSPS) is 10.3. The van der Waals surface area contributed by atoms with Crippen LogP contribution in [0.2, 0.25) is 0 Å². The van der Waals surface area contributed by atoms with E-state index in [4.69, 9.17) is 4.74 Å². The first kappa shape index (κ1) is 9.64. The Bertz CT molecular complexity index is 439. The number of nitrogens with zero attached hydrogens (tertiary/aromatic N) is 3. The molecule has 0 bridgehead atoms. The van der Waals surface area contributed by atoms with E-state index in [1.54, 1.807) is 0 Å². The van der Waals surface area contributed by atoms with Gasteiger partial charge in [0.1, 0.15) is 5.75 Å². The van der Waals surface area contributed by atoms with Crippen LogP contribution in [0.5, 0.6) is 5.75 Å². The van der Waals surface area contributed by atoms with Crippen LogP contribution >= 0.6 is 0 Å². The van der Waals surface area contributed by atoms with E-state index in [2.05, 4.69) is 33.6 Å². The maximum absolute atomic E-state index is 5.55. The van der Waals surface area contributed by atoms with Gasteiger partial charge in [-0.2, -0.15) is 5.21 Å². The zero-order valence-electron chi connectivity index (χ0n) is 8.69. The minimum atomic E-state index is 0.334. The maximum atomic E-state index is 5.55. The number of benzene rings is 1. The summed E-state index contributed by atoms with van der Waals surface area (Å²) in [6.07, 6.45) is 0. The van der Waals surface area contributed by atoms with E-state index >= 15 is 0 Å². The van der Waals surface area contributed by atoms with Crippen molar-refractivity contribution in [2.24, 2.45) is 0 Å². The molecule has 0 spiro atoms. The summed E-state index contributed by atoms with van der Waals surface area (Å²) >= 11 is 0. The molecule has 0 unspecified atom stereocenters. The van der Waals surface area contributed by atoms with Crippen LogP contribution < -0.4 is 4.74 Å². The van der Waals surface area contributed by atoms with Crippen molar-refractivity contribution in [3.05, 3.63) is 35.2 Å². The number of aromatic amines is 1. The van der Waals surface area contributed by atoms with Gasteiger partial charge in [0.2, 0.25) is 5.82 Å². The zero-order chi connectivity index (χ0) is 10.7. The lowest BCUT2D eigenvalue weighted by Gasteiger charge is -2.07. The molecule has 0 aliphatic heterocycles. The van der Waals surface area contributed by atoms with Gasteiger partial charge in [-0.15, -0.1) is 10.2 Å². The van der Waals surface area contributed by atoms with E-state index in [0.29, 0.717) is 12.4 Å². The van der Waals surface area contributed by atoms with Crippen molar-refractivity contribution in [1.29, 1.82) is 0 Å². The fourth-order valence-corrected chi connectivity index (χ4v) is 1.35. The molecule has 0 aliphatic rings. The quantitative estimate of drug-likeness (QED) is 0.820. The molecule has 0 atom stereocenters. The number of hydrogen-bond acceptors (Lipinski definition) is 4. The van der Waals surface area contributed by atoms with Crippen LogP contribution in [0.15, 0.2) is 18.2 Å². The van der Waals surface area contributed by atoms with Crippen LogP contribution in [0.3, 0.4) is 0 Å². The number of nitrogens with one attached hydrogen (secondary N) is 1. The Morgan fingerprint density at radius 3 is 2.87 bits per heavy atom. The molecule has 2 aromatic rings. The molecule has 0 radical (unpaired) electrons. The van der Waals surface area contributed by atoms with Crippen LogP contribution in [-0.2, 0) is 6.61 Å². The largest absolute Gasteiger partial charge is 0.485 e. The van der Waals surface area contributed by atoms with Crippen LogP contribution in [0.1, 0.15) is 17.0 Å². The van der Waals surface area contributed by atoms with E-state index in [1.165, 1.54) is 5.56 Å². The molecule has 1 N–H and O–H groups in total. The van der Waals surface area contributed by atoms with Crippen molar-refractivity contribution in [3.8, 4) is 5.75 Å². The van der Waals surface area contributed by atoms with Crippen LogP contribution in [0, 0.1) is 13.8 Å². The van der Waals surface area contributed by atoms with Gasteiger partial charge in [0, 0.05) is 0 Å². The minimum absolute atomic E-state index is 0.334. The van der Waals surface area contributed by atoms with E-state index < -0.39 is 0 Å². The number of H-pyrrole nitrogens is 1. The summed E-state index contributed by atoms with van der Waals surface area (Å²) in [7, 11) is 0. The lowest BCUT2D eigenvalue weighted by molar-refractivity contribution is 0.294. The topological polar surface area (TPSA) is 63.7 Å². The third-order valence-electron chi connectivity index (χ3n) is 2.08. The number of aromatic nitrogens is 4. The summed E-state index contributed by atoms with van der Waals surface area (Å²) in [5.41, 5.74) is 2.33. The predicted molar refractivity (Wildman–Crippen MR) is 54.4 cm³/mol. The minimum Gasteiger partial charge on any atom is -0.485 e. The summed E-state index contributed by atoms with van der Waals surface area (Å²) in [4.78, 5) is 0. The molecule has 0 fully saturated rings. The molecule has 1 aromatic heterocycles. The summed E-state index contributed by atoms with van der Waals surface area (Å²) in [5.74, 6) is 1.40. The van der Waals surface area contributed by atoms with Crippen molar-refractivity contribution in [1.82, 2.24) is 20.6 Å². The van der Waals surface area contributed by atoms with Crippen molar-refractivity contribution < 1.29 is 4.74 Å². The Kier molecular flexibility index (Phi) is 2.62. The zero-order valence-corrected chi connectivity index (χ0v) is 8.69. The molecule has 0 saturated carbocycles. The second kappa shape index (κ2) is 4.08. The van der Waals surface area contributed by atoms with Gasteiger partial charge in [-0.3, -0.25) is 0 Å². The average molecular weight is 204 g/mol. The van der Waals surface area contributed by atoms with Crippen molar-refractivity contribution in [2.45, 2.75) is 20.5 Å². The molecule has 0 saturated heterocycles. The van der Waals surface area contributed by atoms with E-state index in [9.17, 15) is 0 Å². The predicted octanol–water partition coefficient (Wildman–Crippen LogP) is 1.40. The molecular weight excluding hydrogens is 192 g/mol. The summed E-state index contributed by atoms with van der Waals surface area (Å²) in [6.45, 7) is 4.40. The number of rotatable bonds is 3. The first-order valence-electron chi connectivity index (χ1n) is 4.68. The van der Waals surface area contributed by atoms with Gasteiger partial charge >= 0.3 is 0 Å². The van der Waals surface area contributed by atoms with Gasteiger partial charge in [0.15, 0.2) is 6.61 Å². The molecule has 2 rings (SSSR count). The molecular formula is C10H12N4O. The molecule has 1 aromatic carbocycles. The van der Waals surface area contributed by atoms with Crippen molar-refractivity contribution in [3.63, 3.8) is 0 Å². The van der Waals surface area contributed by atoms with Crippen molar-refractivity contribution >= 4 is 0 Å². The van der Waals surface area contributed by atoms with E-state index in [-0.39, 0.29) is 0 Å². The number of tetrazole rings is 1. The Labute approximate surface area is 87.5 Å². The number of ether oxygens (including phenoxy) is 1. The summed E-state index contributed by atoms with van der Waals surface area (Å²) in [6, 6.07) is 6.04. The van der Waals surface area contributed by atoms with Gasteiger partial charge in [0.05, 0.1) is 0 Å². The third kappa shape index (κ3) is 2.31. The highest BCUT2D eigenvalue weighted by atomic mass is 16.5. The summed E-state index contributed by atoms with van der Waals surface area (Å²) in [5, 5.41) is 13.4. The number of aryl methyl sites for hydroxylation is 2. The average Bonchev–Trinajstić information content (AvgIpc) is 2.69. The molecule has 0 amide bonds. The smallest absolute Gasteiger partial charge is 0.211 e. The van der Waals surface area contributed by atoms with E-state index in [0.717, 1.165) is 11.3 Å². The Hall–Kier alpha value is -1.91. The van der Waals surface area contributed by atoms with Crippen LogP contribution in [-0.4, -0.2) is 20.6 Å². The van der Waals surface area contributed by atoms with Crippen LogP contribution in [0.25, 0.3) is 0 Å². The molecule has 1 heterocycles. The molecule has 0 aliphatic carbocycles. The van der Waals surface area contributed by atoms with Gasteiger partial charge in [0.25, 0.3) is 0 Å². The van der Waals surface area contributed by atoms with Gasteiger partial charge < -0.3 is 4.74 Å². The second-order valence-electron chi connectivity index (χ2n) is 3.39. The highest BCUT2D eigenvalue weighted by Crippen LogP contribution is 2.19. The molecule has 15 heavy (non-hydrogen) atoms. The lowest BCUT2D eigenvalue weighted by atomic mass is 10.1. The first-order chi connectivity index (χ1) is 7.25. The Morgan fingerprint density at radius 2 is 2.20 bits per heavy atom. The molecule has 78 valence electrons. The highest BCUT2D eigenvalue weighted by molar-refractivity contribution is 5.35. The highest BCUT2D eigenvalue weighted by Gasteiger charge is 2.02. The molecule has 5 nitrogen and oxygen atoms in total. The van der Waals surface area contributed by atoms with Crippen molar-refractivity contribution in [2.75, 3.05) is 0 Å².